The van der Waals surface area contributed by atoms with E-state index in [9.17, 15) is 4.79 Å². The maximum atomic E-state index is 13.5. The SMILES string of the molecule is [2H]N([2H])c1nc(N2CC([2H])([2H])N(C(=O)C3([2H])COc4ccccc4O3)C([2H])([2H])C2)nc2cc(OC)c(OC)cc12. The van der Waals surface area contributed by atoms with E-state index in [2.05, 4.69) is 9.97 Å². The molecular weight excluding hydrogens is 426 g/mol. The van der Waals surface area contributed by atoms with Crippen molar-refractivity contribution in [2.24, 2.45) is 0 Å². The molecule has 2 N–H and O–H groups in total. The number of fused-ring (bicyclic) bond motifs is 2. The van der Waals surface area contributed by atoms with Crippen molar-refractivity contribution in [3.63, 3.8) is 0 Å². The van der Waals surface area contributed by atoms with Gasteiger partial charge in [0.25, 0.3) is 5.91 Å². The first kappa shape index (κ1) is 14.2. The Morgan fingerprint density at radius 2 is 1.91 bits per heavy atom. The van der Waals surface area contributed by atoms with E-state index in [1.807, 2.05) is 0 Å². The summed E-state index contributed by atoms with van der Waals surface area (Å²) >= 11 is 0. The molecule has 1 fully saturated rings. The molecule has 2 aliphatic rings. The Morgan fingerprint density at radius 1 is 1.18 bits per heavy atom. The van der Waals surface area contributed by atoms with Crippen molar-refractivity contribution in [3.8, 4) is 23.0 Å². The highest BCUT2D eigenvalue weighted by Gasteiger charge is 2.33. The highest BCUT2D eigenvalue weighted by molar-refractivity contribution is 5.91. The van der Waals surface area contributed by atoms with E-state index in [-0.39, 0.29) is 34.1 Å². The maximum absolute atomic E-state index is 13.5. The van der Waals surface area contributed by atoms with Crippen LogP contribution in [-0.2, 0) is 4.79 Å². The third-order valence-corrected chi connectivity index (χ3v) is 5.17. The van der Waals surface area contributed by atoms with Crippen LogP contribution in [-0.4, -0.2) is 73.8 Å². The van der Waals surface area contributed by atoms with E-state index < -0.39 is 44.7 Å². The Labute approximate surface area is 200 Å². The van der Waals surface area contributed by atoms with Crippen molar-refractivity contribution < 1.29 is 33.4 Å². The van der Waals surface area contributed by atoms with Gasteiger partial charge in [-0.2, -0.15) is 4.98 Å². The molecule has 0 saturated carbocycles. The van der Waals surface area contributed by atoms with E-state index in [0.717, 1.165) is 0 Å². The number of carbonyl (C=O) groups excluding carboxylic acids is 1. The van der Waals surface area contributed by atoms with Crippen molar-refractivity contribution in [3.05, 3.63) is 36.4 Å². The predicted octanol–water partition coefficient (Wildman–Crippen LogP) is 1.72. The van der Waals surface area contributed by atoms with Crippen molar-refractivity contribution in [2.75, 3.05) is 57.5 Å². The molecule has 5 rings (SSSR count). The molecule has 1 saturated heterocycles. The standard InChI is InChI=1S/C23H25N5O5/c1-30-18-11-14-15(12-19(18)31-2)25-23(26-21(14)24)28-9-7-27(8-10-28)22(29)20-13-32-16-5-3-4-6-17(16)33-20/h3-6,11-12,20H,7-10,13H2,1-2H3,(H2,24,25,26)/i7D2,8D2,20D/hD2. The minimum atomic E-state index is -2.66. The van der Waals surface area contributed by atoms with Crippen LogP contribution in [0.4, 0.5) is 11.8 Å². The number of hydrogen-bond donors (Lipinski definition) is 1. The lowest BCUT2D eigenvalue weighted by Crippen LogP contribution is -2.54. The summed E-state index contributed by atoms with van der Waals surface area (Å²) in [5.74, 6) is -0.554. The summed E-state index contributed by atoms with van der Waals surface area (Å²) in [6.45, 7) is -7.06. The second-order valence-corrected chi connectivity index (χ2v) is 7.15. The van der Waals surface area contributed by atoms with Crippen molar-refractivity contribution >= 4 is 28.6 Å². The fraction of sp³-hybridized carbons (Fsp3) is 0.348. The normalized spacial score (nSPS) is 25.9. The van der Waals surface area contributed by atoms with Crippen LogP contribution in [0.2, 0.25) is 2.82 Å². The van der Waals surface area contributed by atoms with Gasteiger partial charge in [-0.05, 0) is 18.2 Å². The molecule has 2 aliphatic heterocycles. The quantitative estimate of drug-likeness (QED) is 0.611. The Morgan fingerprint density at radius 3 is 2.64 bits per heavy atom. The molecule has 1 aromatic heterocycles. The molecule has 0 bridgehead atoms. The largest absolute Gasteiger partial charge is 0.493 e. The summed E-state index contributed by atoms with van der Waals surface area (Å²) in [5.41, 5.74) is 0.489. The molecule has 10 heteroatoms. The van der Waals surface area contributed by atoms with Gasteiger partial charge in [0.05, 0.1) is 26.6 Å². The maximum Gasteiger partial charge on any atom is 0.267 e. The van der Waals surface area contributed by atoms with Crippen molar-refractivity contribution in [1.82, 2.24) is 14.9 Å². The fourth-order valence-electron chi connectivity index (χ4n) is 3.47. The number of ether oxygens (including phenoxy) is 4. The second kappa shape index (κ2) is 8.53. The fourth-order valence-corrected chi connectivity index (χ4v) is 3.47. The number of aromatic nitrogens is 2. The number of nitrogen functional groups attached to an aromatic ring is 1. The molecule has 1 unspecified atom stereocenters. The molecular formula is C23H25N5O5. The first-order valence-corrected chi connectivity index (χ1v) is 10.0. The summed E-state index contributed by atoms with van der Waals surface area (Å²) in [4.78, 5) is 23.7. The Hall–Kier alpha value is -3.95. The lowest BCUT2D eigenvalue weighted by Gasteiger charge is -2.37. The van der Waals surface area contributed by atoms with Crippen molar-refractivity contribution in [1.29, 1.82) is 0 Å². The summed E-state index contributed by atoms with van der Waals surface area (Å²) in [6, 6.07) is 9.38. The van der Waals surface area contributed by atoms with Crippen LogP contribution in [0.15, 0.2) is 36.4 Å². The summed E-state index contributed by atoms with van der Waals surface area (Å²) in [6.07, 6.45) is -2.43. The third-order valence-electron chi connectivity index (χ3n) is 5.17. The number of para-hydroxylation sites is 2. The number of amides is 1. The van der Waals surface area contributed by atoms with Crippen LogP contribution in [0.1, 0.15) is 6.85 Å². The van der Waals surface area contributed by atoms with Crippen LogP contribution >= 0.6 is 0 Å². The molecule has 33 heavy (non-hydrogen) atoms. The summed E-state index contributed by atoms with van der Waals surface area (Å²) < 4.78 is 80.6. The molecule has 3 heterocycles. The van der Waals surface area contributed by atoms with Gasteiger partial charge in [0.1, 0.15) is 12.4 Å². The molecule has 3 aromatic rings. The van der Waals surface area contributed by atoms with Gasteiger partial charge >= 0.3 is 0 Å². The summed E-state index contributed by atoms with van der Waals surface area (Å²) in [7, 11) is 2.85. The van der Waals surface area contributed by atoms with E-state index in [4.69, 9.17) is 28.6 Å². The zero-order chi connectivity index (χ0) is 29.0. The third kappa shape index (κ3) is 3.88. The van der Waals surface area contributed by atoms with Gasteiger partial charge in [-0.15, -0.1) is 0 Å². The number of nitrogens with two attached hydrogens (primary N) is 1. The molecule has 172 valence electrons. The van der Waals surface area contributed by atoms with Gasteiger partial charge in [-0.25, -0.2) is 4.98 Å². The van der Waals surface area contributed by atoms with E-state index in [1.165, 1.54) is 37.3 Å². The highest BCUT2D eigenvalue weighted by Crippen LogP contribution is 2.34. The lowest BCUT2D eigenvalue weighted by atomic mass is 10.2. The predicted molar refractivity (Wildman–Crippen MR) is 122 cm³/mol. The topological polar surface area (TPSA) is 112 Å². The number of carbonyl (C=O) groups is 1. The molecule has 1 atom stereocenters. The van der Waals surface area contributed by atoms with Gasteiger partial charge in [0, 0.05) is 37.5 Å². The number of methoxy groups -OCH3 is 2. The molecule has 0 spiro atoms. The van der Waals surface area contributed by atoms with Crippen LogP contribution in [0.25, 0.3) is 10.9 Å². The zero-order valence-corrected chi connectivity index (χ0v) is 17.9. The average Bonchev–Trinajstić information content (AvgIpc) is 2.89. The number of nitrogens with zero attached hydrogens (tertiary/aromatic N) is 4. The van der Waals surface area contributed by atoms with Gasteiger partial charge in [-0.1, -0.05) is 12.1 Å². The Kier molecular flexibility index (Phi) is 3.68. The van der Waals surface area contributed by atoms with Crippen LogP contribution in [0.5, 0.6) is 23.0 Å². The van der Waals surface area contributed by atoms with Gasteiger partial charge in [-0.3, -0.25) is 4.79 Å². The molecule has 2 aromatic carbocycles. The minimum absolute atomic E-state index is 0.108. The first-order chi connectivity index (χ1) is 18.8. The zero-order valence-electron chi connectivity index (χ0n) is 24.9. The van der Waals surface area contributed by atoms with E-state index in [0.29, 0.717) is 22.1 Å². The van der Waals surface area contributed by atoms with Gasteiger partial charge < -0.3 is 34.5 Å². The van der Waals surface area contributed by atoms with Gasteiger partial charge in [0.15, 0.2) is 25.8 Å². The number of hydrogen-bond acceptors (Lipinski definition) is 9. The van der Waals surface area contributed by atoms with Crippen LogP contribution in [0.3, 0.4) is 0 Å². The van der Waals surface area contributed by atoms with Crippen LogP contribution < -0.4 is 29.6 Å². The molecule has 0 aliphatic carbocycles. The van der Waals surface area contributed by atoms with E-state index in [1.54, 1.807) is 18.2 Å². The second-order valence-electron chi connectivity index (χ2n) is 7.15. The number of rotatable bonds is 5. The van der Waals surface area contributed by atoms with Crippen molar-refractivity contribution in [2.45, 2.75) is 6.08 Å². The highest BCUT2D eigenvalue weighted by atomic mass is 16.6. The molecule has 1 amide bonds. The monoisotopic (exact) mass is 458 g/mol. The molecule has 10 nitrogen and oxygen atoms in total. The lowest BCUT2D eigenvalue weighted by molar-refractivity contribution is -0.141. The first-order valence-electron chi connectivity index (χ1n) is 13.4. The van der Waals surface area contributed by atoms with Gasteiger partial charge in [0.2, 0.25) is 12.0 Å². The number of benzene rings is 2. The molecule has 0 radical (unpaired) electrons. The Bertz CT molecular complexity index is 1460. The smallest absolute Gasteiger partial charge is 0.267 e. The van der Waals surface area contributed by atoms with E-state index >= 15 is 0 Å². The van der Waals surface area contributed by atoms with Crippen LogP contribution in [0, 0.1) is 0 Å². The minimum Gasteiger partial charge on any atom is -0.493 e. The Balaban J connectivity index is 1.50. The number of piperazine rings is 1. The average molecular weight is 459 g/mol. The summed E-state index contributed by atoms with van der Waals surface area (Å²) in [5, 5.41) is 0.275. The number of anilines is 2.